The fourth-order valence-electron chi connectivity index (χ4n) is 1.20. The van der Waals surface area contributed by atoms with E-state index in [1.165, 1.54) is 0 Å². The number of hydrogen-bond donors (Lipinski definition) is 4. The van der Waals surface area contributed by atoms with Gasteiger partial charge in [0.1, 0.15) is 0 Å². The Morgan fingerprint density at radius 1 is 0.667 bits per heavy atom. The maximum Gasteiger partial charge on any atom is 0.303 e. The van der Waals surface area contributed by atoms with Crippen LogP contribution in [0.1, 0.15) is 51.4 Å². The Labute approximate surface area is 108 Å². The minimum atomic E-state index is -0.759. The Balaban J connectivity index is 0. The minimum absolute atomic E-state index is 0.221. The molecule has 0 aliphatic rings. The summed E-state index contributed by atoms with van der Waals surface area (Å²) in [5.74, 6) is -1.52. The highest BCUT2D eigenvalue weighted by atomic mass is 16.4. The molecule has 0 saturated heterocycles. The van der Waals surface area contributed by atoms with Crippen molar-refractivity contribution < 1.29 is 19.8 Å². The van der Waals surface area contributed by atoms with Gasteiger partial charge in [0.2, 0.25) is 0 Å². The fourth-order valence-corrected chi connectivity index (χ4v) is 1.20. The van der Waals surface area contributed by atoms with Crippen LogP contribution >= 0.6 is 0 Å². The van der Waals surface area contributed by atoms with Gasteiger partial charge < -0.3 is 21.7 Å². The molecule has 0 aromatic rings. The quantitative estimate of drug-likeness (QED) is 0.438. The van der Waals surface area contributed by atoms with Crippen molar-refractivity contribution in [2.75, 3.05) is 13.1 Å². The van der Waals surface area contributed by atoms with Crippen LogP contribution in [0, 0.1) is 0 Å². The van der Waals surface area contributed by atoms with Crippen LogP contribution in [-0.2, 0) is 9.59 Å². The second-order valence-corrected chi connectivity index (χ2v) is 3.99. The van der Waals surface area contributed by atoms with Gasteiger partial charge in [-0.25, -0.2) is 0 Å². The van der Waals surface area contributed by atoms with Gasteiger partial charge in [0.05, 0.1) is 0 Å². The van der Waals surface area contributed by atoms with E-state index in [4.69, 9.17) is 21.7 Å². The molecule has 0 rings (SSSR count). The molecule has 18 heavy (non-hydrogen) atoms. The zero-order chi connectivity index (χ0) is 14.2. The van der Waals surface area contributed by atoms with E-state index in [1.807, 2.05) is 0 Å². The van der Waals surface area contributed by atoms with Crippen molar-refractivity contribution in [1.82, 2.24) is 0 Å². The van der Waals surface area contributed by atoms with Crippen molar-refractivity contribution in [2.45, 2.75) is 51.4 Å². The number of carboxylic acids is 2. The van der Waals surface area contributed by atoms with Crippen molar-refractivity contribution in [1.29, 1.82) is 0 Å². The first kappa shape index (κ1) is 19.2. The van der Waals surface area contributed by atoms with Gasteiger partial charge in [0.15, 0.2) is 0 Å². The Hall–Kier alpha value is -1.14. The zero-order valence-corrected chi connectivity index (χ0v) is 10.9. The normalized spacial score (nSPS) is 9.44. The molecule has 0 aliphatic carbocycles. The van der Waals surface area contributed by atoms with Gasteiger partial charge in [0.25, 0.3) is 0 Å². The SMILES string of the molecule is NCCCN.O=C(O)CCCCCCCC(=O)O. The summed E-state index contributed by atoms with van der Waals surface area (Å²) in [5.41, 5.74) is 10.1. The van der Waals surface area contributed by atoms with E-state index in [-0.39, 0.29) is 12.8 Å². The van der Waals surface area contributed by atoms with E-state index in [0.29, 0.717) is 12.8 Å². The lowest BCUT2D eigenvalue weighted by Crippen LogP contribution is -2.06. The molecule has 0 aliphatic heterocycles. The van der Waals surface area contributed by atoms with E-state index in [1.54, 1.807) is 0 Å². The second-order valence-electron chi connectivity index (χ2n) is 3.99. The number of nitrogens with two attached hydrogens (primary N) is 2. The van der Waals surface area contributed by atoms with Crippen molar-refractivity contribution in [3.8, 4) is 0 Å². The van der Waals surface area contributed by atoms with E-state index in [2.05, 4.69) is 0 Å². The highest BCUT2D eigenvalue weighted by molar-refractivity contribution is 5.66. The van der Waals surface area contributed by atoms with Gasteiger partial charge >= 0.3 is 11.9 Å². The topological polar surface area (TPSA) is 127 Å². The van der Waals surface area contributed by atoms with Crippen molar-refractivity contribution in [3.63, 3.8) is 0 Å². The highest BCUT2D eigenvalue weighted by Gasteiger charge is 1.98. The van der Waals surface area contributed by atoms with Crippen molar-refractivity contribution in [2.24, 2.45) is 11.5 Å². The monoisotopic (exact) mass is 262 g/mol. The molecule has 0 bridgehead atoms. The third-order valence-electron chi connectivity index (χ3n) is 2.19. The van der Waals surface area contributed by atoms with Crippen LogP contribution in [0.3, 0.4) is 0 Å². The van der Waals surface area contributed by atoms with Gasteiger partial charge in [0, 0.05) is 12.8 Å². The molecule has 0 aromatic heterocycles. The number of rotatable bonds is 10. The Kier molecular flexibility index (Phi) is 16.9. The Bertz CT molecular complexity index is 190. The number of unbranched alkanes of at least 4 members (excludes halogenated alkanes) is 4. The number of carbonyl (C=O) groups is 2. The summed E-state index contributed by atoms with van der Waals surface area (Å²) in [6.07, 6.45) is 5.47. The summed E-state index contributed by atoms with van der Waals surface area (Å²) >= 11 is 0. The maximum absolute atomic E-state index is 10.1. The predicted molar refractivity (Wildman–Crippen MR) is 70.3 cm³/mol. The largest absolute Gasteiger partial charge is 0.481 e. The van der Waals surface area contributed by atoms with Crippen molar-refractivity contribution in [3.05, 3.63) is 0 Å². The number of carboxylic acid groups (broad SMARTS) is 2. The molecule has 108 valence electrons. The first-order chi connectivity index (χ1) is 8.54. The van der Waals surface area contributed by atoms with E-state index < -0.39 is 11.9 Å². The van der Waals surface area contributed by atoms with Crippen LogP contribution in [-0.4, -0.2) is 35.2 Å². The molecule has 0 heterocycles. The lowest BCUT2D eigenvalue weighted by Gasteiger charge is -1.97. The van der Waals surface area contributed by atoms with Crippen LogP contribution in [0.2, 0.25) is 0 Å². The van der Waals surface area contributed by atoms with Gasteiger partial charge in [-0.05, 0) is 32.4 Å². The predicted octanol–water partition coefficient (Wildman–Crippen LogP) is 1.18. The van der Waals surface area contributed by atoms with Crippen LogP contribution in [0.4, 0.5) is 0 Å². The summed E-state index contributed by atoms with van der Waals surface area (Å²) in [4.78, 5) is 20.2. The van der Waals surface area contributed by atoms with Crippen LogP contribution in [0.5, 0.6) is 0 Å². The molecule has 0 fully saturated rings. The van der Waals surface area contributed by atoms with Crippen LogP contribution in [0.25, 0.3) is 0 Å². The Morgan fingerprint density at radius 3 is 1.22 bits per heavy atom. The van der Waals surface area contributed by atoms with Gasteiger partial charge in [-0.2, -0.15) is 0 Å². The summed E-state index contributed by atoms with van der Waals surface area (Å²) in [7, 11) is 0. The average molecular weight is 262 g/mol. The number of hydrogen-bond acceptors (Lipinski definition) is 4. The molecule has 0 spiro atoms. The minimum Gasteiger partial charge on any atom is -0.481 e. The lowest BCUT2D eigenvalue weighted by molar-refractivity contribution is -0.138. The fraction of sp³-hybridized carbons (Fsp3) is 0.833. The van der Waals surface area contributed by atoms with E-state index in [9.17, 15) is 9.59 Å². The van der Waals surface area contributed by atoms with Crippen LogP contribution < -0.4 is 11.5 Å². The molecule has 6 nitrogen and oxygen atoms in total. The van der Waals surface area contributed by atoms with E-state index >= 15 is 0 Å². The van der Waals surface area contributed by atoms with Gasteiger partial charge in [-0.15, -0.1) is 0 Å². The van der Waals surface area contributed by atoms with Crippen LogP contribution in [0.15, 0.2) is 0 Å². The molecule has 0 saturated carbocycles. The molecule has 0 radical (unpaired) electrons. The smallest absolute Gasteiger partial charge is 0.303 e. The van der Waals surface area contributed by atoms with Gasteiger partial charge in [-0.1, -0.05) is 19.3 Å². The summed E-state index contributed by atoms with van der Waals surface area (Å²) in [5, 5.41) is 16.6. The van der Waals surface area contributed by atoms with E-state index in [0.717, 1.165) is 38.8 Å². The summed E-state index contributed by atoms with van der Waals surface area (Å²) in [6, 6.07) is 0. The highest BCUT2D eigenvalue weighted by Crippen LogP contribution is 2.06. The number of aliphatic carboxylic acids is 2. The molecule has 6 N–H and O–H groups in total. The molecule has 0 atom stereocenters. The molecular weight excluding hydrogens is 236 g/mol. The molecular formula is C12H26N2O4. The van der Waals surface area contributed by atoms with Crippen molar-refractivity contribution >= 4 is 11.9 Å². The molecule has 0 amide bonds. The standard InChI is InChI=1S/C9H16O4.C3H10N2/c10-8(11)6-4-2-1-3-5-7-9(12)13;4-2-1-3-5/h1-7H2,(H,10,11)(H,12,13);1-5H2. The third kappa shape index (κ3) is 24.2. The molecule has 6 heteroatoms. The summed E-state index contributed by atoms with van der Waals surface area (Å²) in [6.45, 7) is 1.44. The first-order valence-electron chi connectivity index (χ1n) is 6.38. The third-order valence-corrected chi connectivity index (χ3v) is 2.19. The molecule has 0 aromatic carbocycles. The zero-order valence-electron chi connectivity index (χ0n) is 10.9. The van der Waals surface area contributed by atoms with Gasteiger partial charge in [-0.3, -0.25) is 9.59 Å². The summed E-state index contributed by atoms with van der Waals surface area (Å²) < 4.78 is 0. The Morgan fingerprint density at radius 2 is 1.00 bits per heavy atom. The maximum atomic E-state index is 10.1. The molecule has 0 unspecified atom stereocenters. The first-order valence-corrected chi connectivity index (χ1v) is 6.38. The second kappa shape index (κ2) is 15.9. The lowest BCUT2D eigenvalue weighted by atomic mass is 10.1. The average Bonchev–Trinajstić information content (AvgIpc) is 2.29.